The van der Waals surface area contributed by atoms with Crippen molar-refractivity contribution in [3.05, 3.63) is 76.8 Å². The van der Waals surface area contributed by atoms with Gasteiger partial charge in [0.05, 0.1) is 6.04 Å². The van der Waals surface area contributed by atoms with Gasteiger partial charge in [0.25, 0.3) is 0 Å². The van der Waals surface area contributed by atoms with E-state index in [1.807, 2.05) is 49.4 Å². The normalized spacial score (nSPS) is 12.2. The number of aromatic hydroxyl groups is 2. The van der Waals surface area contributed by atoms with Crippen LogP contribution in [0.25, 0.3) is 10.8 Å². The van der Waals surface area contributed by atoms with Crippen LogP contribution in [0.4, 0.5) is 5.13 Å². The van der Waals surface area contributed by atoms with Gasteiger partial charge < -0.3 is 15.5 Å². The lowest BCUT2D eigenvalue weighted by atomic mass is 9.93. The lowest BCUT2D eigenvalue weighted by Crippen LogP contribution is -2.13. The van der Waals surface area contributed by atoms with Crippen molar-refractivity contribution >= 4 is 27.2 Å². The maximum absolute atomic E-state index is 10.7. The molecule has 1 heterocycles. The van der Waals surface area contributed by atoms with E-state index < -0.39 is 0 Å². The second-order valence-electron chi connectivity index (χ2n) is 6.01. The fraction of sp³-hybridized carbons (Fsp3) is 0.100. The predicted octanol–water partition coefficient (Wildman–Crippen LogP) is 4.61. The molecule has 0 saturated heterocycles. The molecule has 0 aliphatic carbocycles. The third-order valence-corrected chi connectivity index (χ3v) is 5.03. The third-order valence-electron chi connectivity index (χ3n) is 4.26. The molecule has 1 aromatic heterocycles. The van der Waals surface area contributed by atoms with Gasteiger partial charge in [-0.3, -0.25) is 0 Å². The Labute approximate surface area is 154 Å². The van der Waals surface area contributed by atoms with Gasteiger partial charge in [0, 0.05) is 5.56 Å². The Balaban J connectivity index is 1.90. The number of aromatic nitrogens is 2. The van der Waals surface area contributed by atoms with E-state index >= 15 is 0 Å². The Morgan fingerprint density at radius 1 is 0.923 bits per heavy atom. The van der Waals surface area contributed by atoms with Crippen molar-refractivity contribution in [1.29, 1.82) is 0 Å². The van der Waals surface area contributed by atoms with Crippen LogP contribution in [0.15, 0.2) is 60.7 Å². The van der Waals surface area contributed by atoms with Gasteiger partial charge in [-0.05, 0) is 41.5 Å². The van der Waals surface area contributed by atoms with Crippen LogP contribution in [0.3, 0.4) is 0 Å². The van der Waals surface area contributed by atoms with E-state index in [4.69, 9.17) is 0 Å². The smallest absolute Gasteiger partial charge is 0.206 e. The third kappa shape index (κ3) is 3.07. The van der Waals surface area contributed by atoms with E-state index in [-0.39, 0.29) is 17.5 Å². The van der Waals surface area contributed by atoms with Crippen LogP contribution in [-0.4, -0.2) is 20.4 Å². The number of phenols is 2. The zero-order valence-corrected chi connectivity index (χ0v) is 14.9. The summed E-state index contributed by atoms with van der Waals surface area (Å²) < 4.78 is 0. The van der Waals surface area contributed by atoms with Crippen LogP contribution in [0, 0.1) is 6.92 Å². The number of anilines is 1. The number of benzene rings is 3. The van der Waals surface area contributed by atoms with Crippen molar-refractivity contribution in [3.63, 3.8) is 0 Å². The first kappa shape index (κ1) is 16.4. The number of hydrogen-bond donors (Lipinski definition) is 3. The standard InChI is InChI=1S/C20H17N3O2S/c1-12-22-23-20(26-12)21-19(14-6-9-15(24)10-7-14)18-16-5-3-2-4-13(16)8-11-17(18)25/h2-11,19,24-25H,1H3,(H,21,23). The maximum Gasteiger partial charge on any atom is 0.206 e. The monoisotopic (exact) mass is 363 g/mol. The molecule has 130 valence electrons. The average Bonchev–Trinajstić information content (AvgIpc) is 3.06. The molecule has 0 saturated carbocycles. The first-order valence-electron chi connectivity index (χ1n) is 8.18. The number of nitrogens with one attached hydrogen (secondary N) is 1. The van der Waals surface area contributed by atoms with Crippen LogP contribution in [-0.2, 0) is 0 Å². The molecule has 4 rings (SSSR count). The quantitative estimate of drug-likeness (QED) is 0.493. The summed E-state index contributed by atoms with van der Waals surface area (Å²) in [5.74, 6) is 0.400. The fourth-order valence-electron chi connectivity index (χ4n) is 3.05. The second-order valence-corrected chi connectivity index (χ2v) is 7.20. The lowest BCUT2D eigenvalue weighted by molar-refractivity contribution is 0.467. The van der Waals surface area contributed by atoms with Gasteiger partial charge in [-0.1, -0.05) is 53.8 Å². The van der Waals surface area contributed by atoms with Crippen molar-refractivity contribution in [2.75, 3.05) is 5.32 Å². The van der Waals surface area contributed by atoms with E-state index in [2.05, 4.69) is 15.5 Å². The van der Waals surface area contributed by atoms with E-state index in [9.17, 15) is 10.2 Å². The van der Waals surface area contributed by atoms with Crippen LogP contribution >= 0.6 is 11.3 Å². The van der Waals surface area contributed by atoms with Crippen molar-refractivity contribution < 1.29 is 10.2 Å². The van der Waals surface area contributed by atoms with Crippen molar-refractivity contribution in [1.82, 2.24) is 10.2 Å². The highest BCUT2D eigenvalue weighted by molar-refractivity contribution is 7.15. The maximum atomic E-state index is 10.7. The minimum absolute atomic E-state index is 0.196. The molecule has 3 N–H and O–H groups in total. The SMILES string of the molecule is Cc1nnc(NC(c2ccc(O)cc2)c2c(O)ccc3ccccc23)s1. The zero-order chi connectivity index (χ0) is 18.1. The predicted molar refractivity (Wildman–Crippen MR) is 104 cm³/mol. The van der Waals surface area contributed by atoms with Gasteiger partial charge >= 0.3 is 0 Å². The van der Waals surface area contributed by atoms with Gasteiger partial charge in [-0.15, -0.1) is 10.2 Å². The van der Waals surface area contributed by atoms with Gasteiger partial charge in [0.15, 0.2) is 0 Å². The molecule has 5 nitrogen and oxygen atoms in total. The summed E-state index contributed by atoms with van der Waals surface area (Å²) >= 11 is 1.46. The summed E-state index contributed by atoms with van der Waals surface area (Å²) in [6.45, 7) is 1.90. The first-order valence-corrected chi connectivity index (χ1v) is 8.99. The molecule has 1 unspecified atom stereocenters. The van der Waals surface area contributed by atoms with Gasteiger partial charge in [-0.2, -0.15) is 0 Å². The molecule has 3 aromatic carbocycles. The molecule has 0 spiro atoms. The van der Waals surface area contributed by atoms with Crippen LogP contribution in [0.5, 0.6) is 11.5 Å². The van der Waals surface area contributed by atoms with E-state index in [0.29, 0.717) is 5.13 Å². The first-order chi connectivity index (χ1) is 12.6. The second kappa shape index (κ2) is 6.65. The molecule has 0 aliphatic heterocycles. The number of phenolic OH excluding ortho intramolecular Hbond substituents is 2. The summed E-state index contributed by atoms with van der Waals surface area (Å²) in [5.41, 5.74) is 1.67. The molecular formula is C20H17N3O2S. The van der Waals surface area contributed by atoms with Crippen molar-refractivity contribution in [2.45, 2.75) is 13.0 Å². The minimum atomic E-state index is -0.339. The van der Waals surface area contributed by atoms with Crippen LogP contribution in [0.1, 0.15) is 22.2 Å². The Morgan fingerprint density at radius 2 is 1.69 bits per heavy atom. The molecule has 0 fully saturated rings. The molecule has 0 radical (unpaired) electrons. The minimum Gasteiger partial charge on any atom is -0.508 e. The highest BCUT2D eigenvalue weighted by atomic mass is 32.1. The molecule has 26 heavy (non-hydrogen) atoms. The average molecular weight is 363 g/mol. The molecule has 6 heteroatoms. The van der Waals surface area contributed by atoms with Crippen molar-refractivity contribution in [3.8, 4) is 11.5 Å². The summed E-state index contributed by atoms with van der Waals surface area (Å²) in [4.78, 5) is 0. The lowest BCUT2D eigenvalue weighted by Gasteiger charge is -2.22. The molecule has 0 amide bonds. The van der Waals surface area contributed by atoms with Crippen LogP contribution < -0.4 is 5.32 Å². The summed E-state index contributed by atoms with van der Waals surface area (Å²) in [5, 5.41) is 35.4. The Kier molecular flexibility index (Phi) is 4.18. The molecular weight excluding hydrogens is 346 g/mol. The Morgan fingerprint density at radius 3 is 2.42 bits per heavy atom. The number of nitrogens with zero attached hydrogens (tertiary/aromatic N) is 2. The summed E-state index contributed by atoms with van der Waals surface area (Å²) in [6.07, 6.45) is 0. The number of fused-ring (bicyclic) bond motifs is 1. The molecule has 1 atom stereocenters. The van der Waals surface area contributed by atoms with E-state index in [1.54, 1.807) is 18.2 Å². The molecule has 4 aromatic rings. The van der Waals surface area contributed by atoms with Crippen molar-refractivity contribution in [2.24, 2.45) is 0 Å². The fourth-order valence-corrected chi connectivity index (χ4v) is 3.67. The molecule has 0 bridgehead atoms. The topological polar surface area (TPSA) is 78.3 Å². The zero-order valence-electron chi connectivity index (χ0n) is 14.0. The van der Waals surface area contributed by atoms with Crippen LogP contribution in [0.2, 0.25) is 0 Å². The molecule has 0 aliphatic rings. The van der Waals surface area contributed by atoms with E-state index in [1.165, 1.54) is 11.3 Å². The number of aryl methyl sites for hydroxylation is 1. The highest BCUT2D eigenvalue weighted by Crippen LogP contribution is 2.38. The van der Waals surface area contributed by atoms with Gasteiger partial charge in [0.1, 0.15) is 16.5 Å². The number of rotatable bonds is 4. The Hall–Kier alpha value is -3.12. The summed E-state index contributed by atoms with van der Waals surface area (Å²) in [6, 6.07) is 18.1. The van der Waals surface area contributed by atoms with Gasteiger partial charge in [-0.25, -0.2) is 0 Å². The van der Waals surface area contributed by atoms with Gasteiger partial charge in [0.2, 0.25) is 5.13 Å². The Bertz CT molecular complexity index is 1060. The summed E-state index contributed by atoms with van der Waals surface area (Å²) in [7, 11) is 0. The number of hydrogen-bond acceptors (Lipinski definition) is 6. The van der Waals surface area contributed by atoms with E-state index in [0.717, 1.165) is 26.9 Å². The largest absolute Gasteiger partial charge is 0.508 e. The highest BCUT2D eigenvalue weighted by Gasteiger charge is 2.22.